The number of esters is 1. The molecule has 0 radical (unpaired) electrons. The average molecular weight is 325 g/mol. The number of amides is 1. The minimum atomic E-state index is -0.579. The van der Waals surface area contributed by atoms with Crippen LogP contribution in [0.3, 0.4) is 0 Å². The number of ether oxygens (including phenoxy) is 1. The third-order valence-corrected chi connectivity index (χ3v) is 4.57. The molecule has 2 rings (SSSR count). The molecule has 0 saturated heterocycles. The maximum atomic E-state index is 11.9. The lowest BCUT2D eigenvalue weighted by Crippen LogP contribution is -2.45. The second-order valence-electron chi connectivity index (χ2n) is 5.89. The number of hydrogen-bond donors (Lipinski definition) is 1. The van der Waals surface area contributed by atoms with Crippen LogP contribution >= 0.6 is 11.6 Å². The molecule has 1 N–H and O–H groups in total. The summed E-state index contributed by atoms with van der Waals surface area (Å²) in [5, 5.41) is 3.26. The van der Waals surface area contributed by atoms with Crippen molar-refractivity contribution in [1.82, 2.24) is 10.3 Å². The van der Waals surface area contributed by atoms with Crippen LogP contribution in [-0.4, -0.2) is 29.5 Å². The Hall–Kier alpha value is -1.62. The van der Waals surface area contributed by atoms with Crippen LogP contribution in [-0.2, 0) is 9.53 Å². The highest BCUT2D eigenvalue weighted by Crippen LogP contribution is 2.29. The summed E-state index contributed by atoms with van der Waals surface area (Å²) in [6.45, 7) is 4.08. The number of nitrogens with one attached hydrogen (secondary N) is 1. The number of aromatic nitrogens is 1. The van der Waals surface area contributed by atoms with Crippen LogP contribution in [0.1, 0.15) is 43.5 Å². The summed E-state index contributed by atoms with van der Waals surface area (Å²) in [7, 11) is 0. The minimum Gasteiger partial charge on any atom is -0.452 e. The van der Waals surface area contributed by atoms with E-state index in [1.807, 2.05) is 0 Å². The zero-order valence-corrected chi connectivity index (χ0v) is 13.6. The van der Waals surface area contributed by atoms with E-state index in [0.717, 1.165) is 12.8 Å². The van der Waals surface area contributed by atoms with Crippen LogP contribution in [0.25, 0.3) is 0 Å². The molecule has 5 nitrogen and oxygen atoms in total. The van der Waals surface area contributed by atoms with Gasteiger partial charge in [0.15, 0.2) is 6.61 Å². The Kier molecular flexibility index (Phi) is 5.77. The Morgan fingerprint density at radius 1 is 1.36 bits per heavy atom. The Morgan fingerprint density at radius 3 is 2.82 bits per heavy atom. The van der Waals surface area contributed by atoms with E-state index >= 15 is 0 Å². The summed E-state index contributed by atoms with van der Waals surface area (Å²) in [5.74, 6) is 0.196. The monoisotopic (exact) mass is 324 g/mol. The van der Waals surface area contributed by atoms with E-state index in [9.17, 15) is 9.59 Å². The molecule has 0 aliphatic heterocycles. The number of hydrogen-bond acceptors (Lipinski definition) is 4. The van der Waals surface area contributed by atoms with Crippen LogP contribution in [0.2, 0.25) is 5.15 Å². The molecule has 0 unspecified atom stereocenters. The molecule has 1 amide bonds. The van der Waals surface area contributed by atoms with Gasteiger partial charge in [-0.3, -0.25) is 4.79 Å². The van der Waals surface area contributed by atoms with Crippen molar-refractivity contribution in [3.63, 3.8) is 0 Å². The highest BCUT2D eigenvalue weighted by Gasteiger charge is 2.28. The van der Waals surface area contributed by atoms with Crippen LogP contribution in [0.5, 0.6) is 0 Å². The normalized spacial score (nSPS) is 24.6. The number of halogens is 1. The first-order chi connectivity index (χ1) is 10.5. The molecule has 1 saturated carbocycles. The lowest BCUT2D eigenvalue weighted by molar-refractivity contribution is -0.125. The lowest BCUT2D eigenvalue weighted by Gasteiger charge is -2.34. The Balaban J connectivity index is 1.80. The molecule has 1 fully saturated rings. The van der Waals surface area contributed by atoms with Crippen molar-refractivity contribution in [1.29, 1.82) is 0 Å². The van der Waals surface area contributed by atoms with Gasteiger partial charge in [0.05, 0.1) is 5.56 Å². The second-order valence-corrected chi connectivity index (χ2v) is 6.27. The van der Waals surface area contributed by atoms with Crippen LogP contribution in [0.15, 0.2) is 18.3 Å². The van der Waals surface area contributed by atoms with E-state index in [-0.39, 0.29) is 24.1 Å². The molecular formula is C16H21ClN2O3. The van der Waals surface area contributed by atoms with Crippen molar-refractivity contribution in [2.45, 2.75) is 39.2 Å². The molecule has 120 valence electrons. The molecule has 0 bridgehead atoms. The second kappa shape index (κ2) is 7.58. The summed E-state index contributed by atoms with van der Waals surface area (Å²) in [4.78, 5) is 27.5. The fourth-order valence-corrected chi connectivity index (χ4v) is 2.86. The largest absolute Gasteiger partial charge is 0.452 e. The first-order valence-electron chi connectivity index (χ1n) is 7.55. The molecule has 0 spiro atoms. The molecule has 1 aromatic heterocycles. The molecule has 22 heavy (non-hydrogen) atoms. The predicted molar refractivity (Wildman–Crippen MR) is 83.6 cm³/mol. The van der Waals surface area contributed by atoms with Gasteiger partial charge in [0.25, 0.3) is 5.91 Å². The number of rotatable bonds is 4. The highest BCUT2D eigenvalue weighted by atomic mass is 35.5. The van der Waals surface area contributed by atoms with Gasteiger partial charge in [-0.2, -0.15) is 0 Å². The van der Waals surface area contributed by atoms with Gasteiger partial charge in [-0.1, -0.05) is 38.3 Å². The highest BCUT2D eigenvalue weighted by molar-refractivity contribution is 6.29. The number of pyridine rings is 1. The predicted octanol–water partition coefficient (Wildman–Crippen LogP) is 2.83. The first-order valence-corrected chi connectivity index (χ1v) is 7.93. The van der Waals surface area contributed by atoms with Crippen LogP contribution in [0.4, 0.5) is 0 Å². The molecule has 1 heterocycles. The molecule has 0 aromatic carbocycles. The summed E-state index contributed by atoms with van der Waals surface area (Å²) >= 11 is 5.65. The smallest absolute Gasteiger partial charge is 0.340 e. The first kappa shape index (κ1) is 16.7. The third-order valence-electron chi connectivity index (χ3n) is 4.35. The zero-order chi connectivity index (χ0) is 16.1. The van der Waals surface area contributed by atoms with Crippen molar-refractivity contribution in [3.05, 3.63) is 29.0 Å². The Bertz CT molecular complexity index is 533. The zero-order valence-electron chi connectivity index (χ0n) is 12.8. The van der Waals surface area contributed by atoms with Crippen molar-refractivity contribution >= 4 is 23.5 Å². The minimum absolute atomic E-state index is 0.159. The van der Waals surface area contributed by atoms with E-state index < -0.39 is 5.97 Å². The van der Waals surface area contributed by atoms with E-state index in [2.05, 4.69) is 24.1 Å². The quantitative estimate of drug-likeness (QED) is 0.683. The maximum Gasteiger partial charge on any atom is 0.340 e. The van der Waals surface area contributed by atoms with Crippen molar-refractivity contribution in [3.8, 4) is 0 Å². The van der Waals surface area contributed by atoms with Gasteiger partial charge < -0.3 is 10.1 Å². The Labute approximate surface area is 135 Å². The Morgan fingerprint density at radius 2 is 2.14 bits per heavy atom. The summed E-state index contributed by atoms with van der Waals surface area (Å²) in [6, 6.07) is 3.18. The van der Waals surface area contributed by atoms with Gasteiger partial charge in [0.2, 0.25) is 0 Å². The average Bonchev–Trinajstić information content (AvgIpc) is 2.50. The fourth-order valence-electron chi connectivity index (χ4n) is 2.75. The molecule has 1 aliphatic rings. The standard InChI is InChI=1S/C16H21ClN2O3/c1-10-4-3-5-13(11(10)2)19-15(20)9-22-16(21)12-6-7-14(17)18-8-12/h6-8,10-11,13H,3-5,9H2,1-2H3,(H,19,20)/t10-,11+,13+/m1/s1. The third kappa shape index (κ3) is 4.44. The molecule has 1 aromatic rings. The summed E-state index contributed by atoms with van der Waals surface area (Å²) < 4.78 is 5.00. The summed E-state index contributed by atoms with van der Waals surface area (Å²) in [5.41, 5.74) is 0.275. The lowest BCUT2D eigenvalue weighted by atomic mass is 9.78. The van der Waals surface area contributed by atoms with Crippen LogP contribution < -0.4 is 5.32 Å². The SMILES string of the molecule is C[C@H]1[C@H](C)CCC[C@@H]1NC(=O)COC(=O)c1ccc(Cl)nc1. The molecular weight excluding hydrogens is 304 g/mol. The van der Waals surface area contributed by atoms with Crippen molar-refractivity contribution in [2.75, 3.05) is 6.61 Å². The number of carbonyl (C=O) groups is 2. The number of carbonyl (C=O) groups excluding carboxylic acids is 2. The van der Waals surface area contributed by atoms with Crippen molar-refractivity contribution in [2.24, 2.45) is 11.8 Å². The van der Waals surface area contributed by atoms with Crippen LogP contribution in [0, 0.1) is 11.8 Å². The van der Waals surface area contributed by atoms with Gasteiger partial charge in [-0.05, 0) is 30.4 Å². The molecule has 6 heteroatoms. The van der Waals surface area contributed by atoms with E-state index in [1.54, 1.807) is 0 Å². The van der Waals surface area contributed by atoms with E-state index in [4.69, 9.17) is 16.3 Å². The van der Waals surface area contributed by atoms with E-state index in [0.29, 0.717) is 17.0 Å². The molecule has 3 atom stereocenters. The van der Waals surface area contributed by atoms with Gasteiger partial charge in [-0.15, -0.1) is 0 Å². The maximum absolute atomic E-state index is 11.9. The topological polar surface area (TPSA) is 68.3 Å². The number of nitrogens with zero attached hydrogens (tertiary/aromatic N) is 1. The van der Waals surface area contributed by atoms with Crippen molar-refractivity contribution < 1.29 is 14.3 Å². The van der Waals surface area contributed by atoms with Gasteiger partial charge in [0, 0.05) is 12.2 Å². The fraction of sp³-hybridized carbons (Fsp3) is 0.562. The molecule has 1 aliphatic carbocycles. The summed E-state index contributed by atoms with van der Waals surface area (Å²) in [6.07, 6.45) is 4.62. The van der Waals surface area contributed by atoms with E-state index in [1.165, 1.54) is 24.8 Å². The van der Waals surface area contributed by atoms with Gasteiger partial charge in [-0.25, -0.2) is 9.78 Å². The van der Waals surface area contributed by atoms with Gasteiger partial charge in [0.1, 0.15) is 5.15 Å². The van der Waals surface area contributed by atoms with Gasteiger partial charge >= 0.3 is 5.97 Å².